The molecule has 0 saturated carbocycles. The van der Waals surface area contributed by atoms with Crippen LogP contribution in [0.3, 0.4) is 0 Å². The van der Waals surface area contributed by atoms with Crippen molar-refractivity contribution in [3.8, 4) is 0 Å². The molecule has 0 aliphatic heterocycles. The van der Waals surface area contributed by atoms with Gasteiger partial charge in [-0.25, -0.2) is 4.79 Å². The molecule has 0 spiro atoms. The van der Waals surface area contributed by atoms with Crippen LogP contribution in [0.1, 0.15) is 12.5 Å². The summed E-state index contributed by atoms with van der Waals surface area (Å²) in [5.74, 6) is -1.76. The van der Waals surface area contributed by atoms with E-state index in [1.807, 2.05) is 30.3 Å². The van der Waals surface area contributed by atoms with Crippen molar-refractivity contribution < 1.29 is 25.3 Å². The Labute approximate surface area is 93.0 Å². The lowest BCUT2D eigenvalue weighted by molar-refractivity contribution is -0.134. The van der Waals surface area contributed by atoms with Gasteiger partial charge in [0.25, 0.3) is 5.97 Å². The second kappa shape index (κ2) is 9.42. The predicted octanol–water partition coefficient (Wildman–Crippen LogP) is 1.05. The molecule has 4 N–H and O–H groups in total. The Bertz CT molecular complexity index is 339. The van der Waals surface area contributed by atoms with Gasteiger partial charge in [-0.2, -0.15) is 0 Å². The standard InChI is InChI=1S/C9H8O2.C2H4O2.H2O/c10-9(11)7-6-8-4-2-1-3-5-8;1-2(3)4;/h1-7H,(H,10,11);1H3,(H,3,4);1H2. The van der Waals surface area contributed by atoms with Gasteiger partial charge in [-0.1, -0.05) is 30.3 Å². The van der Waals surface area contributed by atoms with Gasteiger partial charge in [0, 0.05) is 13.0 Å². The van der Waals surface area contributed by atoms with Crippen molar-refractivity contribution in [2.75, 3.05) is 0 Å². The average Bonchev–Trinajstić information content (AvgIpc) is 2.15. The molecule has 0 radical (unpaired) electrons. The summed E-state index contributed by atoms with van der Waals surface area (Å²) >= 11 is 0. The molecule has 1 aromatic rings. The number of carbonyl (C=O) groups is 2. The summed E-state index contributed by atoms with van der Waals surface area (Å²) in [6.45, 7) is 1.08. The lowest BCUT2D eigenvalue weighted by Gasteiger charge is -1.87. The minimum Gasteiger partial charge on any atom is -0.481 e. The van der Waals surface area contributed by atoms with Crippen LogP contribution in [0.5, 0.6) is 0 Å². The molecule has 0 heterocycles. The maximum absolute atomic E-state index is 10.1. The first-order chi connectivity index (χ1) is 7.02. The molecular weight excluding hydrogens is 212 g/mol. The number of carboxylic acid groups (broad SMARTS) is 2. The highest BCUT2D eigenvalue weighted by atomic mass is 16.4. The molecule has 1 aromatic carbocycles. The minimum atomic E-state index is -0.922. The number of aliphatic carboxylic acids is 2. The van der Waals surface area contributed by atoms with Crippen LogP contribution in [0.2, 0.25) is 0 Å². The van der Waals surface area contributed by atoms with Gasteiger partial charge in [0.15, 0.2) is 0 Å². The van der Waals surface area contributed by atoms with Crippen LogP contribution in [0.25, 0.3) is 6.08 Å². The van der Waals surface area contributed by atoms with Crippen molar-refractivity contribution in [1.29, 1.82) is 0 Å². The first kappa shape index (κ1) is 16.3. The largest absolute Gasteiger partial charge is 0.481 e. The van der Waals surface area contributed by atoms with E-state index in [0.29, 0.717) is 0 Å². The van der Waals surface area contributed by atoms with Gasteiger partial charge in [0.05, 0.1) is 0 Å². The third kappa shape index (κ3) is 11.9. The van der Waals surface area contributed by atoms with Crippen LogP contribution in [-0.2, 0) is 9.59 Å². The van der Waals surface area contributed by atoms with Gasteiger partial charge >= 0.3 is 5.97 Å². The fourth-order valence-electron chi connectivity index (χ4n) is 0.732. The maximum atomic E-state index is 10.1. The van der Waals surface area contributed by atoms with E-state index in [0.717, 1.165) is 18.6 Å². The zero-order valence-corrected chi connectivity index (χ0v) is 8.75. The fourth-order valence-corrected chi connectivity index (χ4v) is 0.732. The Morgan fingerprint density at radius 1 is 1.12 bits per heavy atom. The van der Waals surface area contributed by atoms with Crippen LogP contribution >= 0.6 is 0 Å². The molecule has 0 saturated heterocycles. The summed E-state index contributed by atoms with van der Waals surface area (Å²) in [6, 6.07) is 9.31. The highest BCUT2D eigenvalue weighted by molar-refractivity contribution is 5.85. The number of benzene rings is 1. The molecule has 0 fully saturated rings. The second-order valence-electron chi connectivity index (χ2n) is 2.60. The zero-order chi connectivity index (χ0) is 11.7. The van der Waals surface area contributed by atoms with E-state index in [-0.39, 0.29) is 5.48 Å². The van der Waals surface area contributed by atoms with E-state index < -0.39 is 11.9 Å². The highest BCUT2D eigenvalue weighted by Crippen LogP contribution is 1.99. The Balaban J connectivity index is 0. The normalized spacial score (nSPS) is 8.56. The second-order valence-corrected chi connectivity index (χ2v) is 2.60. The van der Waals surface area contributed by atoms with E-state index in [4.69, 9.17) is 15.0 Å². The minimum absolute atomic E-state index is 0. The third-order valence-corrected chi connectivity index (χ3v) is 1.22. The molecule has 0 unspecified atom stereocenters. The Hall–Kier alpha value is -2.14. The van der Waals surface area contributed by atoms with Gasteiger partial charge in [-0.15, -0.1) is 0 Å². The lowest BCUT2D eigenvalue weighted by atomic mass is 10.2. The number of rotatable bonds is 2. The third-order valence-electron chi connectivity index (χ3n) is 1.22. The molecule has 0 bridgehead atoms. The van der Waals surface area contributed by atoms with Gasteiger partial charge in [-0.3, -0.25) is 4.79 Å². The summed E-state index contributed by atoms with van der Waals surface area (Å²) in [7, 11) is 0. The molecular formula is C11H14O5. The predicted molar refractivity (Wildman–Crippen MR) is 60.0 cm³/mol. The maximum Gasteiger partial charge on any atom is 0.328 e. The fraction of sp³-hybridized carbons (Fsp3) is 0.0909. The summed E-state index contributed by atoms with van der Waals surface area (Å²) in [4.78, 5) is 19.1. The summed E-state index contributed by atoms with van der Waals surface area (Å²) in [5, 5.41) is 15.7. The topological polar surface area (TPSA) is 106 Å². The molecule has 5 nitrogen and oxygen atoms in total. The van der Waals surface area contributed by atoms with Gasteiger partial charge in [-0.05, 0) is 11.6 Å². The number of hydrogen-bond donors (Lipinski definition) is 2. The van der Waals surface area contributed by atoms with Gasteiger partial charge < -0.3 is 15.7 Å². The molecule has 0 aliphatic carbocycles. The first-order valence-electron chi connectivity index (χ1n) is 4.18. The van der Waals surface area contributed by atoms with Crippen molar-refractivity contribution in [3.05, 3.63) is 42.0 Å². The molecule has 0 aliphatic rings. The molecule has 88 valence electrons. The van der Waals surface area contributed by atoms with E-state index in [9.17, 15) is 4.79 Å². The highest BCUT2D eigenvalue weighted by Gasteiger charge is 1.85. The summed E-state index contributed by atoms with van der Waals surface area (Å²) in [5.41, 5.74) is 0.898. The number of hydrogen-bond acceptors (Lipinski definition) is 2. The van der Waals surface area contributed by atoms with Crippen molar-refractivity contribution in [3.63, 3.8) is 0 Å². The monoisotopic (exact) mass is 226 g/mol. The van der Waals surface area contributed by atoms with Crippen LogP contribution < -0.4 is 0 Å². The quantitative estimate of drug-likeness (QED) is 0.735. The Kier molecular flexibility index (Phi) is 9.59. The summed E-state index contributed by atoms with van der Waals surface area (Å²) in [6.07, 6.45) is 2.68. The molecule has 16 heavy (non-hydrogen) atoms. The van der Waals surface area contributed by atoms with Gasteiger partial charge in [0.1, 0.15) is 0 Å². The zero-order valence-electron chi connectivity index (χ0n) is 8.75. The van der Waals surface area contributed by atoms with Crippen molar-refractivity contribution in [2.45, 2.75) is 6.92 Å². The lowest BCUT2D eigenvalue weighted by Crippen LogP contribution is -1.85. The first-order valence-corrected chi connectivity index (χ1v) is 4.18. The molecule has 5 heteroatoms. The summed E-state index contributed by atoms with van der Waals surface area (Å²) < 4.78 is 0. The Morgan fingerprint density at radius 3 is 1.94 bits per heavy atom. The van der Waals surface area contributed by atoms with Crippen molar-refractivity contribution in [2.24, 2.45) is 0 Å². The SMILES string of the molecule is CC(=O)O.O.O=C(O)C=Cc1ccccc1. The van der Waals surface area contributed by atoms with Crippen LogP contribution in [-0.4, -0.2) is 27.6 Å². The molecule has 1 rings (SSSR count). The van der Waals surface area contributed by atoms with Gasteiger partial charge in [0.2, 0.25) is 0 Å². The van der Waals surface area contributed by atoms with Crippen molar-refractivity contribution in [1.82, 2.24) is 0 Å². The molecule has 0 aromatic heterocycles. The van der Waals surface area contributed by atoms with E-state index >= 15 is 0 Å². The van der Waals surface area contributed by atoms with Crippen LogP contribution in [0, 0.1) is 0 Å². The van der Waals surface area contributed by atoms with Crippen LogP contribution in [0.15, 0.2) is 36.4 Å². The van der Waals surface area contributed by atoms with E-state index in [1.54, 1.807) is 6.08 Å². The Morgan fingerprint density at radius 2 is 1.56 bits per heavy atom. The smallest absolute Gasteiger partial charge is 0.328 e. The molecule has 0 amide bonds. The molecule has 0 atom stereocenters. The van der Waals surface area contributed by atoms with E-state index in [1.165, 1.54) is 0 Å². The number of carboxylic acids is 2. The van der Waals surface area contributed by atoms with E-state index in [2.05, 4.69) is 0 Å². The average molecular weight is 226 g/mol. The van der Waals surface area contributed by atoms with Crippen LogP contribution in [0.4, 0.5) is 0 Å². The van der Waals surface area contributed by atoms with Crippen molar-refractivity contribution >= 4 is 18.0 Å².